The van der Waals surface area contributed by atoms with Crippen LogP contribution in [0.3, 0.4) is 0 Å². The molecule has 0 radical (unpaired) electrons. The topological polar surface area (TPSA) is 20.3 Å². The van der Waals surface area contributed by atoms with Gasteiger partial charge in [0.1, 0.15) is 0 Å². The van der Waals surface area contributed by atoms with Crippen molar-refractivity contribution >= 4 is 5.91 Å². The number of carbonyl (C=O) groups is 1. The van der Waals surface area contributed by atoms with Crippen LogP contribution in [0.4, 0.5) is 0 Å². The largest absolute Gasteiger partial charge is 0.338 e. The van der Waals surface area contributed by atoms with Gasteiger partial charge in [-0.2, -0.15) is 0 Å². The Labute approximate surface area is 116 Å². The Balaban J connectivity index is 2.03. The summed E-state index contributed by atoms with van der Waals surface area (Å²) in [5.41, 5.74) is 1.63. The molecule has 2 nitrogen and oxygen atoms in total. The Morgan fingerprint density at radius 3 is 2.74 bits per heavy atom. The number of carbonyl (C=O) groups excluding carboxylic acids is 1. The lowest BCUT2D eigenvalue weighted by atomic mass is 10.0. The van der Waals surface area contributed by atoms with Gasteiger partial charge in [-0.15, -0.1) is 6.58 Å². The minimum atomic E-state index is 0.222. The standard InChI is InChI=1S/C17H23NO/c1-4-11-18(16(19)5-2)13-17(3)12-15(17)14-9-7-6-8-10-14/h4,6-10,15H,1,5,11-13H2,2-3H3. The van der Waals surface area contributed by atoms with Gasteiger partial charge in [0.05, 0.1) is 0 Å². The van der Waals surface area contributed by atoms with Crippen molar-refractivity contribution in [3.05, 3.63) is 48.6 Å². The molecule has 1 aliphatic rings. The summed E-state index contributed by atoms with van der Waals surface area (Å²) in [4.78, 5) is 13.9. The molecule has 19 heavy (non-hydrogen) atoms. The summed E-state index contributed by atoms with van der Waals surface area (Å²) in [7, 11) is 0. The van der Waals surface area contributed by atoms with Gasteiger partial charge in [0.15, 0.2) is 0 Å². The van der Waals surface area contributed by atoms with Gasteiger partial charge >= 0.3 is 0 Å². The minimum Gasteiger partial charge on any atom is -0.338 e. The highest BCUT2D eigenvalue weighted by molar-refractivity contribution is 5.76. The Kier molecular flexibility index (Phi) is 4.08. The van der Waals surface area contributed by atoms with Crippen molar-refractivity contribution < 1.29 is 4.79 Å². The molecule has 0 aliphatic heterocycles. The van der Waals surface area contributed by atoms with Gasteiger partial charge in [-0.3, -0.25) is 4.79 Å². The van der Waals surface area contributed by atoms with Crippen LogP contribution in [0.25, 0.3) is 0 Å². The minimum absolute atomic E-state index is 0.222. The summed E-state index contributed by atoms with van der Waals surface area (Å²) in [5.74, 6) is 0.811. The normalized spacial score (nSPS) is 24.8. The third-order valence-corrected chi connectivity index (χ3v) is 4.11. The molecule has 0 spiro atoms. The summed E-state index contributed by atoms with van der Waals surface area (Å²) in [6, 6.07) is 10.6. The third-order valence-electron chi connectivity index (χ3n) is 4.11. The van der Waals surface area contributed by atoms with Gasteiger partial charge in [-0.1, -0.05) is 50.3 Å². The smallest absolute Gasteiger partial charge is 0.222 e. The maximum Gasteiger partial charge on any atom is 0.222 e. The zero-order valence-electron chi connectivity index (χ0n) is 11.9. The summed E-state index contributed by atoms with van der Waals surface area (Å²) in [6.07, 6.45) is 3.55. The summed E-state index contributed by atoms with van der Waals surface area (Å²) in [6.45, 7) is 9.45. The van der Waals surface area contributed by atoms with E-state index in [1.807, 2.05) is 24.0 Å². The first kappa shape index (κ1) is 13.9. The molecule has 1 aliphatic carbocycles. The van der Waals surface area contributed by atoms with E-state index >= 15 is 0 Å². The monoisotopic (exact) mass is 257 g/mol. The van der Waals surface area contributed by atoms with E-state index in [2.05, 4.69) is 37.8 Å². The Hall–Kier alpha value is -1.57. The van der Waals surface area contributed by atoms with Crippen molar-refractivity contribution in [3.63, 3.8) is 0 Å². The molecule has 0 saturated heterocycles. The van der Waals surface area contributed by atoms with Crippen LogP contribution in [0, 0.1) is 5.41 Å². The number of amides is 1. The van der Waals surface area contributed by atoms with Crippen LogP contribution in [0.1, 0.15) is 38.2 Å². The van der Waals surface area contributed by atoms with Gasteiger partial charge < -0.3 is 4.90 Å². The van der Waals surface area contributed by atoms with E-state index < -0.39 is 0 Å². The highest BCUT2D eigenvalue weighted by Gasteiger charge is 2.51. The number of rotatable bonds is 6. The van der Waals surface area contributed by atoms with Gasteiger partial charge in [-0.05, 0) is 23.3 Å². The summed E-state index contributed by atoms with van der Waals surface area (Å²) >= 11 is 0. The maximum absolute atomic E-state index is 11.9. The summed E-state index contributed by atoms with van der Waals surface area (Å²) < 4.78 is 0. The molecule has 1 amide bonds. The first-order chi connectivity index (χ1) is 9.10. The number of benzene rings is 1. The molecule has 0 N–H and O–H groups in total. The van der Waals surface area contributed by atoms with E-state index in [0.29, 0.717) is 18.9 Å². The van der Waals surface area contributed by atoms with Crippen LogP contribution in [-0.4, -0.2) is 23.9 Å². The van der Waals surface area contributed by atoms with Crippen LogP contribution in [0.2, 0.25) is 0 Å². The zero-order chi connectivity index (χ0) is 13.9. The molecule has 2 rings (SSSR count). The first-order valence-corrected chi connectivity index (χ1v) is 7.04. The van der Waals surface area contributed by atoms with Crippen molar-refractivity contribution in [2.75, 3.05) is 13.1 Å². The van der Waals surface area contributed by atoms with Crippen LogP contribution in [0.15, 0.2) is 43.0 Å². The first-order valence-electron chi connectivity index (χ1n) is 7.04. The van der Waals surface area contributed by atoms with E-state index in [0.717, 1.165) is 6.54 Å². The Bertz CT molecular complexity index is 454. The van der Waals surface area contributed by atoms with Crippen LogP contribution >= 0.6 is 0 Å². The molecule has 1 aromatic carbocycles. The molecule has 2 unspecified atom stereocenters. The van der Waals surface area contributed by atoms with E-state index in [1.54, 1.807) is 0 Å². The Morgan fingerprint density at radius 2 is 2.16 bits per heavy atom. The predicted octanol–water partition coefficient (Wildman–Crippen LogP) is 3.60. The van der Waals surface area contributed by atoms with E-state index in [1.165, 1.54) is 12.0 Å². The molecule has 0 aromatic heterocycles. The average molecular weight is 257 g/mol. The zero-order valence-corrected chi connectivity index (χ0v) is 11.9. The fourth-order valence-electron chi connectivity index (χ4n) is 2.86. The van der Waals surface area contributed by atoms with E-state index in [-0.39, 0.29) is 11.3 Å². The molecule has 2 heteroatoms. The Morgan fingerprint density at radius 1 is 1.47 bits per heavy atom. The second kappa shape index (κ2) is 5.60. The van der Waals surface area contributed by atoms with E-state index in [4.69, 9.17) is 0 Å². The van der Waals surface area contributed by atoms with Crippen molar-refractivity contribution in [1.29, 1.82) is 0 Å². The van der Waals surface area contributed by atoms with Crippen molar-refractivity contribution in [2.24, 2.45) is 5.41 Å². The van der Waals surface area contributed by atoms with Crippen LogP contribution in [-0.2, 0) is 4.79 Å². The number of hydrogen-bond donors (Lipinski definition) is 0. The quantitative estimate of drug-likeness (QED) is 0.713. The average Bonchev–Trinajstić information content (AvgIpc) is 3.10. The second-order valence-electron chi connectivity index (χ2n) is 5.74. The van der Waals surface area contributed by atoms with Gasteiger partial charge in [0.2, 0.25) is 5.91 Å². The van der Waals surface area contributed by atoms with Gasteiger partial charge in [0, 0.05) is 19.5 Å². The number of hydrogen-bond acceptors (Lipinski definition) is 1. The predicted molar refractivity (Wildman–Crippen MR) is 79.0 cm³/mol. The third kappa shape index (κ3) is 3.06. The fraction of sp³-hybridized carbons (Fsp3) is 0.471. The molecule has 102 valence electrons. The lowest BCUT2D eigenvalue weighted by Crippen LogP contribution is -2.35. The second-order valence-corrected chi connectivity index (χ2v) is 5.74. The van der Waals surface area contributed by atoms with Gasteiger partial charge in [-0.25, -0.2) is 0 Å². The molecule has 0 bridgehead atoms. The molecule has 1 fully saturated rings. The lowest BCUT2D eigenvalue weighted by molar-refractivity contribution is -0.131. The number of nitrogens with zero attached hydrogens (tertiary/aromatic N) is 1. The molecule has 2 atom stereocenters. The SMILES string of the molecule is C=CCN(CC1(C)CC1c1ccccc1)C(=O)CC. The maximum atomic E-state index is 11.9. The van der Waals surface area contributed by atoms with E-state index in [9.17, 15) is 4.79 Å². The highest BCUT2D eigenvalue weighted by Crippen LogP contribution is 2.59. The van der Waals surface area contributed by atoms with Crippen LogP contribution < -0.4 is 0 Å². The van der Waals surface area contributed by atoms with Crippen molar-refractivity contribution in [2.45, 2.75) is 32.6 Å². The van der Waals surface area contributed by atoms with Crippen molar-refractivity contribution in [3.8, 4) is 0 Å². The molecule has 0 heterocycles. The molecule has 1 aromatic rings. The molecule has 1 saturated carbocycles. The molecular formula is C17H23NO. The van der Waals surface area contributed by atoms with Gasteiger partial charge in [0.25, 0.3) is 0 Å². The molecular weight excluding hydrogens is 234 g/mol. The fourth-order valence-corrected chi connectivity index (χ4v) is 2.86. The van der Waals surface area contributed by atoms with Crippen LogP contribution in [0.5, 0.6) is 0 Å². The highest BCUT2D eigenvalue weighted by atomic mass is 16.2. The van der Waals surface area contributed by atoms with Crippen molar-refractivity contribution in [1.82, 2.24) is 4.90 Å². The summed E-state index contributed by atoms with van der Waals surface area (Å²) in [5, 5.41) is 0. The lowest BCUT2D eigenvalue weighted by Gasteiger charge is -2.25.